The summed E-state index contributed by atoms with van der Waals surface area (Å²) in [5.74, 6) is -0.630. The highest BCUT2D eigenvalue weighted by Gasteiger charge is 2.36. The van der Waals surface area contributed by atoms with Gasteiger partial charge in [0.25, 0.3) is 11.8 Å². The Balaban J connectivity index is 1.62. The molecule has 0 spiro atoms. The summed E-state index contributed by atoms with van der Waals surface area (Å²) in [5, 5.41) is 0. The smallest absolute Gasteiger partial charge is 0.261 e. The molecule has 2 aromatic carbocycles. The minimum Gasteiger partial charge on any atom is -0.486 e. The summed E-state index contributed by atoms with van der Waals surface area (Å²) in [6.45, 7) is 1.49. The first-order valence-electron chi connectivity index (χ1n) is 7.22. The third-order valence-electron chi connectivity index (χ3n) is 3.63. The van der Waals surface area contributed by atoms with E-state index in [2.05, 4.69) is 0 Å². The number of hydrogen-bond acceptors (Lipinski definition) is 4. The molecule has 0 N–H and O–H groups in total. The Hall–Kier alpha value is -2.95. The number of carbonyl (C=O) groups excluding carboxylic acids is 3. The molecular weight excluding hydrogens is 294 g/mol. The molecule has 0 aromatic heterocycles. The number of nitrogens with zero attached hydrogens (tertiary/aromatic N) is 1. The van der Waals surface area contributed by atoms with Gasteiger partial charge in [0.15, 0.2) is 5.78 Å². The topological polar surface area (TPSA) is 63.7 Å². The van der Waals surface area contributed by atoms with Gasteiger partial charge >= 0.3 is 0 Å². The van der Waals surface area contributed by atoms with Crippen LogP contribution in [0.5, 0.6) is 5.75 Å². The van der Waals surface area contributed by atoms with Gasteiger partial charge in [0.05, 0.1) is 17.7 Å². The lowest BCUT2D eigenvalue weighted by molar-refractivity contribution is -0.121. The molecule has 0 saturated carbocycles. The van der Waals surface area contributed by atoms with Crippen LogP contribution >= 0.6 is 0 Å². The average Bonchev–Trinajstić information content (AvgIpc) is 2.80. The Bertz CT molecular complexity index is 745. The second-order valence-corrected chi connectivity index (χ2v) is 5.38. The fourth-order valence-electron chi connectivity index (χ4n) is 2.40. The first-order chi connectivity index (χ1) is 11.1. The van der Waals surface area contributed by atoms with Crippen molar-refractivity contribution in [1.82, 2.24) is 4.90 Å². The van der Waals surface area contributed by atoms with Crippen molar-refractivity contribution in [2.75, 3.05) is 13.2 Å². The Labute approximate surface area is 133 Å². The number of hydrogen-bond donors (Lipinski definition) is 0. The van der Waals surface area contributed by atoms with E-state index in [0.717, 1.165) is 10.5 Å². The van der Waals surface area contributed by atoms with E-state index in [9.17, 15) is 14.4 Å². The summed E-state index contributed by atoms with van der Waals surface area (Å²) in [6, 6.07) is 13.8. The van der Waals surface area contributed by atoms with Crippen molar-refractivity contribution in [3.05, 3.63) is 65.2 Å². The van der Waals surface area contributed by atoms with E-state index in [4.69, 9.17) is 4.74 Å². The minimum atomic E-state index is -0.436. The van der Waals surface area contributed by atoms with Gasteiger partial charge in [0, 0.05) is 0 Å². The number of fused-ring (bicyclic) bond motifs is 1. The lowest BCUT2D eigenvalue weighted by Gasteiger charge is -2.13. The molecule has 2 amide bonds. The van der Waals surface area contributed by atoms with Gasteiger partial charge in [-0.25, -0.2) is 0 Å². The van der Waals surface area contributed by atoms with Crippen LogP contribution in [0, 0.1) is 6.92 Å². The summed E-state index contributed by atoms with van der Waals surface area (Å²) < 4.78 is 5.38. The maximum absolute atomic E-state index is 12.2. The largest absolute Gasteiger partial charge is 0.486 e. The molecule has 1 aliphatic heterocycles. The maximum Gasteiger partial charge on any atom is 0.261 e. The number of carbonyl (C=O) groups is 3. The van der Waals surface area contributed by atoms with Gasteiger partial charge in [0.1, 0.15) is 12.4 Å². The van der Waals surface area contributed by atoms with E-state index in [1.165, 1.54) is 0 Å². The Kier molecular flexibility index (Phi) is 3.93. The molecule has 0 atom stereocenters. The minimum absolute atomic E-state index is 0.184. The highest BCUT2D eigenvalue weighted by atomic mass is 16.5. The third kappa shape index (κ3) is 2.99. The SMILES string of the molecule is Cc1ccc(OCC(=O)CN2C(=O)c3ccccc3C2=O)cc1. The Morgan fingerprint density at radius 3 is 2.09 bits per heavy atom. The summed E-state index contributed by atoms with van der Waals surface area (Å²) >= 11 is 0. The van der Waals surface area contributed by atoms with Gasteiger partial charge in [-0.15, -0.1) is 0 Å². The van der Waals surface area contributed by atoms with Crippen LogP contribution in [0.25, 0.3) is 0 Å². The normalized spacial score (nSPS) is 13.2. The first kappa shape index (κ1) is 15.0. The monoisotopic (exact) mass is 309 g/mol. The zero-order chi connectivity index (χ0) is 16.4. The van der Waals surface area contributed by atoms with Gasteiger partial charge in [-0.05, 0) is 31.2 Å². The van der Waals surface area contributed by atoms with E-state index >= 15 is 0 Å². The van der Waals surface area contributed by atoms with Crippen molar-refractivity contribution in [2.24, 2.45) is 0 Å². The van der Waals surface area contributed by atoms with Crippen LogP contribution in [0.15, 0.2) is 48.5 Å². The van der Waals surface area contributed by atoms with Crippen molar-refractivity contribution >= 4 is 17.6 Å². The lowest BCUT2D eigenvalue weighted by atomic mass is 10.1. The standard InChI is InChI=1S/C18H15NO4/c1-12-6-8-14(9-7-12)23-11-13(20)10-19-17(21)15-4-2-3-5-16(15)18(19)22/h2-9H,10-11H2,1H3. The molecule has 0 bridgehead atoms. The molecule has 116 valence electrons. The van der Waals surface area contributed by atoms with E-state index in [-0.39, 0.29) is 18.9 Å². The predicted molar refractivity (Wildman–Crippen MR) is 83.5 cm³/mol. The molecule has 0 radical (unpaired) electrons. The summed E-state index contributed by atoms with van der Waals surface area (Å²) in [6.07, 6.45) is 0. The third-order valence-corrected chi connectivity index (χ3v) is 3.63. The molecule has 5 heteroatoms. The van der Waals surface area contributed by atoms with E-state index in [1.54, 1.807) is 36.4 Å². The van der Waals surface area contributed by atoms with E-state index < -0.39 is 11.8 Å². The van der Waals surface area contributed by atoms with Gasteiger partial charge in [-0.1, -0.05) is 29.8 Å². The number of amides is 2. The summed E-state index contributed by atoms with van der Waals surface area (Å²) in [7, 11) is 0. The fourth-order valence-corrected chi connectivity index (χ4v) is 2.40. The average molecular weight is 309 g/mol. The zero-order valence-corrected chi connectivity index (χ0v) is 12.6. The molecule has 23 heavy (non-hydrogen) atoms. The van der Waals surface area contributed by atoms with Crippen LogP contribution in [-0.4, -0.2) is 35.6 Å². The van der Waals surface area contributed by atoms with Crippen LogP contribution in [0.2, 0.25) is 0 Å². The Morgan fingerprint density at radius 1 is 0.957 bits per heavy atom. The van der Waals surface area contributed by atoms with E-state index in [1.807, 2.05) is 19.1 Å². The van der Waals surface area contributed by atoms with Crippen molar-refractivity contribution in [3.63, 3.8) is 0 Å². The highest BCUT2D eigenvalue weighted by molar-refractivity contribution is 6.22. The number of benzene rings is 2. The number of rotatable bonds is 5. The van der Waals surface area contributed by atoms with Crippen molar-refractivity contribution < 1.29 is 19.1 Å². The van der Waals surface area contributed by atoms with E-state index in [0.29, 0.717) is 16.9 Å². The second kappa shape index (κ2) is 6.04. The molecule has 0 fully saturated rings. The fraction of sp³-hybridized carbons (Fsp3) is 0.167. The molecular formula is C18H15NO4. The summed E-state index contributed by atoms with van der Waals surface area (Å²) in [4.78, 5) is 37.3. The molecule has 3 rings (SSSR count). The van der Waals surface area contributed by atoms with Crippen molar-refractivity contribution in [3.8, 4) is 5.75 Å². The molecule has 0 saturated heterocycles. The maximum atomic E-state index is 12.2. The van der Waals surface area contributed by atoms with Gasteiger partial charge in [-0.2, -0.15) is 0 Å². The number of aryl methyl sites for hydroxylation is 1. The molecule has 2 aromatic rings. The lowest BCUT2D eigenvalue weighted by Crippen LogP contribution is -2.36. The number of ether oxygens (including phenoxy) is 1. The first-order valence-corrected chi connectivity index (χ1v) is 7.22. The second-order valence-electron chi connectivity index (χ2n) is 5.38. The molecule has 0 unspecified atom stereocenters. The van der Waals surface area contributed by atoms with Crippen molar-refractivity contribution in [1.29, 1.82) is 0 Å². The van der Waals surface area contributed by atoms with Crippen molar-refractivity contribution in [2.45, 2.75) is 6.92 Å². The molecule has 5 nitrogen and oxygen atoms in total. The molecule has 0 aliphatic carbocycles. The van der Waals surface area contributed by atoms with Gasteiger partial charge in [0.2, 0.25) is 0 Å². The van der Waals surface area contributed by atoms with Crippen LogP contribution in [0.3, 0.4) is 0 Å². The Morgan fingerprint density at radius 2 is 1.52 bits per heavy atom. The van der Waals surface area contributed by atoms with Crippen LogP contribution < -0.4 is 4.74 Å². The van der Waals surface area contributed by atoms with Crippen LogP contribution in [0.1, 0.15) is 26.3 Å². The van der Waals surface area contributed by atoms with Crippen LogP contribution in [-0.2, 0) is 4.79 Å². The quantitative estimate of drug-likeness (QED) is 0.795. The highest BCUT2D eigenvalue weighted by Crippen LogP contribution is 2.22. The number of ketones is 1. The molecule has 1 aliphatic rings. The zero-order valence-electron chi connectivity index (χ0n) is 12.6. The number of imide groups is 1. The number of Topliss-reactive ketones (excluding diaryl/α,β-unsaturated/α-hetero) is 1. The van der Waals surface area contributed by atoms with Gasteiger partial charge in [-0.3, -0.25) is 19.3 Å². The van der Waals surface area contributed by atoms with Gasteiger partial charge < -0.3 is 4.74 Å². The summed E-state index contributed by atoms with van der Waals surface area (Å²) in [5.41, 5.74) is 1.77. The molecule has 1 heterocycles. The van der Waals surface area contributed by atoms with Crippen LogP contribution in [0.4, 0.5) is 0 Å². The predicted octanol–water partition coefficient (Wildman–Crippen LogP) is 2.24.